The first-order valence-electron chi connectivity index (χ1n) is 5.07. The lowest BCUT2D eigenvalue weighted by Gasteiger charge is -2.12. The van der Waals surface area contributed by atoms with Crippen LogP contribution in [0.2, 0.25) is 5.02 Å². The van der Waals surface area contributed by atoms with Gasteiger partial charge in [0.2, 0.25) is 0 Å². The summed E-state index contributed by atoms with van der Waals surface area (Å²) in [7, 11) is 1.52. The normalized spacial score (nSPS) is 12.2. The maximum Gasteiger partial charge on any atom is 0.326 e. The number of ether oxygens (including phenoxy) is 2. The molecule has 94 valence electrons. The summed E-state index contributed by atoms with van der Waals surface area (Å²) < 4.78 is 11.1. The van der Waals surface area contributed by atoms with Gasteiger partial charge in [0, 0.05) is 19.4 Å². The number of esters is 1. The van der Waals surface area contributed by atoms with Crippen molar-refractivity contribution in [3.63, 3.8) is 0 Å². The lowest BCUT2D eigenvalue weighted by atomic mass is 10.4. The van der Waals surface area contributed by atoms with E-state index in [0.29, 0.717) is 11.6 Å². The third kappa shape index (κ3) is 4.58. The molecular formula is C11H14ClNO4. The fraction of sp³-hybridized carbons (Fsp3) is 0.455. The number of carbonyl (C=O) groups excluding carboxylic acids is 1. The van der Waals surface area contributed by atoms with E-state index in [9.17, 15) is 9.59 Å². The zero-order valence-electron chi connectivity index (χ0n) is 9.68. The summed E-state index contributed by atoms with van der Waals surface area (Å²) >= 11 is 5.72. The molecule has 0 aliphatic carbocycles. The van der Waals surface area contributed by atoms with E-state index < -0.39 is 5.97 Å². The van der Waals surface area contributed by atoms with E-state index in [0.717, 1.165) is 0 Å². The highest BCUT2D eigenvalue weighted by atomic mass is 35.5. The molecule has 1 aromatic heterocycles. The Labute approximate surface area is 104 Å². The second-order valence-electron chi connectivity index (χ2n) is 3.57. The molecular weight excluding hydrogens is 246 g/mol. The second-order valence-corrected chi connectivity index (χ2v) is 4.01. The first-order chi connectivity index (χ1) is 8.02. The van der Waals surface area contributed by atoms with Crippen LogP contribution in [0.1, 0.15) is 6.92 Å². The van der Waals surface area contributed by atoms with Crippen molar-refractivity contribution in [1.82, 2.24) is 4.57 Å². The van der Waals surface area contributed by atoms with Gasteiger partial charge in [-0.2, -0.15) is 0 Å². The van der Waals surface area contributed by atoms with Crippen LogP contribution < -0.4 is 5.56 Å². The number of carbonyl (C=O) groups is 1. The number of methoxy groups -OCH3 is 1. The Morgan fingerprint density at radius 2 is 2.24 bits per heavy atom. The van der Waals surface area contributed by atoms with Crippen LogP contribution in [0.3, 0.4) is 0 Å². The zero-order valence-corrected chi connectivity index (χ0v) is 10.4. The first-order valence-corrected chi connectivity index (χ1v) is 5.45. The van der Waals surface area contributed by atoms with Crippen molar-refractivity contribution >= 4 is 17.6 Å². The molecule has 5 nitrogen and oxygen atoms in total. The topological polar surface area (TPSA) is 57.5 Å². The quantitative estimate of drug-likeness (QED) is 0.743. The number of aromatic nitrogens is 1. The molecule has 0 aromatic carbocycles. The molecule has 17 heavy (non-hydrogen) atoms. The summed E-state index contributed by atoms with van der Waals surface area (Å²) in [6, 6.07) is 2.77. The molecule has 1 heterocycles. The minimum absolute atomic E-state index is 0.159. The fourth-order valence-corrected chi connectivity index (χ4v) is 1.48. The second kappa shape index (κ2) is 6.42. The summed E-state index contributed by atoms with van der Waals surface area (Å²) in [6.07, 6.45) is 1.05. The molecule has 0 bridgehead atoms. The van der Waals surface area contributed by atoms with Crippen molar-refractivity contribution < 1.29 is 14.3 Å². The highest BCUT2D eigenvalue weighted by molar-refractivity contribution is 6.30. The van der Waals surface area contributed by atoms with E-state index >= 15 is 0 Å². The molecule has 0 fully saturated rings. The molecule has 1 rings (SSSR count). The van der Waals surface area contributed by atoms with Crippen molar-refractivity contribution in [3.05, 3.63) is 33.7 Å². The van der Waals surface area contributed by atoms with Crippen LogP contribution in [0, 0.1) is 0 Å². The summed E-state index contributed by atoms with van der Waals surface area (Å²) in [6.45, 7) is 1.87. The van der Waals surface area contributed by atoms with Crippen LogP contribution in [-0.2, 0) is 20.8 Å². The van der Waals surface area contributed by atoms with E-state index in [1.807, 2.05) is 0 Å². The van der Waals surface area contributed by atoms with Crippen molar-refractivity contribution in [1.29, 1.82) is 0 Å². The lowest BCUT2D eigenvalue weighted by Crippen LogP contribution is -2.27. The Morgan fingerprint density at radius 1 is 1.53 bits per heavy atom. The molecule has 0 aliphatic heterocycles. The van der Waals surface area contributed by atoms with E-state index in [1.165, 1.54) is 30.0 Å². The van der Waals surface area contributed by atoms with Gasteiger partial charge in [-0.3, -0.25) is 9.59 Å². The number of halogens is 1. The van der Waals surface area contributed by atoms with Crippen molar-refractivity contribution in [2.75, 3.05) is 13.7 Å². The van der Waals surface area contributed by atoms with Gasteiger partial charge >= 0.3 is 5.97 Å². The standard InChI is InChI=1S/C11H14ClNO4/c1-8(7-16-2)17-11(15)6-13-5-9(12)3-4-10(13)14/h3-5,8H,6-7H2,1-2H3. The number of nitrogens with zero attached hydrogens (tertiary/aromatic N) is 1. The van der Waals surface area contributed by atoms with E-state index in [-0.39, 0.29) is 18.2 Å². The molecule has 0 radical (unpaired) electrons. The van der Waals surface area contributed by atoms with Crippen LogP contribution in [0.5, 0.6) is 0 Å². The van der Waals surface area contributed by atoms with Crippen LogP contribution in [0.25, 0.3) is 0 Å². The lowest BCUT2D eigenvalue weighted by molar-refractivity contribution is -0.151. The first kappa shape index (κ1) is 13.7. The van der Waals surface area contributed by atoms with E-state index in [1.54, 1.807) is 6.92 Å². The van der Waals surface area contributed by atoms with Crippen LogP contribution in [0.4, 0.5) is 0 Å². The zero-order chi connectivity index (χ0) is 12.8. The van der Waals surface area contributed by atoms with Gasteiger partial charge in [-0.25, -0.2) is 0 Å². The Bertz CT molecular complexity index is 443. The minimum atomic E-state index is -0.501. The Hall–Kier alpha value is -1.33. The molecule has 0 N–H and O–H groups in total. The van der Waals surface area contributed by atoms with Gasteiger partial charge in [0.15, 0.2) is 0 Å². The average molecular weight is 260 g/mol. The van der Waals surface area contributed by atoms with Gasteiger partial charge in [-0.05, 0) is 13.0 Å². The Morgan fingerprint density at radius 3 is 2.88 bits per heavy atom. The number of hydrogen-bond acceptors (Lipinski definition) is 4. The third-order valence-electron chi connectivity index (χ3n) is 1.98. The molecule has 6 heteroatoms. The largest absolute Gasteiger partial charge is 0.459 e. The predicted molar refractivity (Wildman–Crippen MR) is 63.1 cm³/mol. The molecule has 1 aromatic rings. The van der Waals surface area contributed by atoms with E-state index in [2.05, 4.69) is 0 Å². The monoisotopic (exact) mass is 259 g/mol. The highest BCUT2D eigenvalue weighted by Crippen LogP contribution is 2.03. The van der Waals surface area contributed by atoms with E-state index in [4.69, 9.17) is 21.1 Å². The smallest absolute Gasteiger partial charge is 0.326 e. The van der Waals surface area contributed by atoms with Gasteiger partial charge < -0.3 is 14.0 Å². The summed E-state index contributed by atoms with van der Waals surface area (Å²) in [5.41, 5.74) is -0.300. The third-order valence-corrected chi connectivity index (χ3v) is 2.20. The van der Waals surface area contributed by atoms with Gasteiger partial charge in [0.05, 0.1) is 11.6 Å². The number of pyridine rings is 1. The Kier molecular flexibility index (Phi) is 5.18. The van der Waals surface area contributed by atoms with Crippen molar-refractivity contribution in [3.8, 4) is 0 Å². The van der Waals surface area contributed by atoms with Gasteiger partial charge in [-0.15, -0.1) is 0 Å². The van der Waals surface area contributed by atoms with Crippen LogP contribution in [-0.4, -0.2) is 30.4 Å². The molecule has 0 amide bonds. The fourth-order valence-electron chi connectivity index (χ4n) is 1.30. The average Bonchev–Trinajstić information content (AvgIpc) is 2.23. The maximum atomic E-state index is 11.5. The SMILES string of the molecule is COCC(C)OC(=O)Cn1cc(Cl)ccc1=O. The summed E-state index contributed by atoms with van der Waals surface area (Å²) in [5, 5.41) is 0.391. The highest BCUT2D eigenvalue weighted by Gasteiger charge is 2.10. The van der Waals surface area contributed by atoms with Crippen LogP contribution >= 0.6 is 11.6 Å². The molecule has 0 spiro atoms. The molecule has 0 saturated carbocycles. The summed E-state index contributed by atoms with van der Waals surface area (Å²) in [4.78, 5) is 22.9. The Balaban J connectivity index is 2.62. The molecule has 1 atom stereocenters. The van der Waals surface area contributed by atoms with Gasteiger partial charge in [0.25, 0.3) is 5.56 Å². The molecule has 1 unspecified atom stereocenters. The minimum Gasteiger partial charge on any atom is -0.459 e. The van der Waals surface area contributed by atoms with Crippen LogP contribution in [0.15, 0.2) is 23.1 Å². The van der Waals surface area contributed by atoms with Crippen molar-refractivity contribution in [2.24, 2.45) is 0 Å². The van der Waals surface area contributed by atoms with Gasteiger partial charge in [-0.1, -0.05) is 11.6 Å². The van der Waals surface area contributed by atoms with Crippen molar-refractivity contribution in [2.45, 2.75) is 19.6 Å². The summed E-state index contributed by atoms with van der Waals surface area (Å²) in [5.74, 6) is -0.501. The number of rotatable bonds is 5. The number of hydrogen-bond donors (Lipinski definition) is 0. The molecule has 0 saturated heterocycles. The van der Waals surface area contributed by atoms with Gasteiger partial charge in [0.1, 0.15) is 12.6 Å². The maximum absolute atomic E-state index is 11.5. The molecule has 0 aliphatic rings. The predicted octanol–water partition coefficient (Wildman–Crippen LogP) is 1.08.